The number of hydrogen-bond donors (Lipinski definition) is 2. The van der Waals surface area contributed by atoms with Crippen LogP contribution in [0.4, 0.5) is 5.82 Å². The van der Waals surface area contributed by atoms with E-state index >= 15 is 0 Å². The average Bonchev–Trinajstić information content (AvgIpc) is 2.81. The van der Waals surface area contributed by atoms with Gasteiger partial charge in [0.15, 0.2) is 17.7 Å². The van der Waals surface area contributed by atoms with Crippen molar-refractivity contribution in [1.82, 2.24) is 19.5 Å². The molecule has 0 saturated carbocycles. The lowest BCUT2D eigenvalue weighted by Gasteiger charge is -2.17. The van der Waals surface area contributed by atoms with Crippen LogP contribution in [-0.4, -0.2) is 49.5 Å². The minimum Gasteiger partial charge on any atom is -0.394 e. The van der Waals surface area contributed by atoms with Gasteiger partial charge in [-0.2, -0.15) is 0 Å². The lowest BCUT2D eigenvalue weighted by molar-refractivity contribution is -0.0823. The predicted octanol–water partition coefficient (Wildman–Crippen LogP) is -0.934. The first kappa shape index (κ1) is 9.20. The van der Waals surface area contributed by atoms with E-state index in [4.69, 9.17) is 16.6 Å². The summed E-state index contributed by atoms with van der Waals surface area (Å²) in [4.78, 5) is 12.1. The first-order valence-electron chi connectivity index (χ1n) is 6.02. The molecule has 2 aromatic heterocycles. The number of nitrogen functional groups attached to an aromatic ring is 1. The number of epoxide rings is 1. The minimum absolute atomic E-state index is 0.264. The topological polar surface area (TPSA) is 112 Å². The van der Waals surface area contributed by atoms with Crippen molar-refractivity contribution in [2.24, 2.45) is 0 Å². The number of ether oxygens (including phenoxy) is 2. The third kappa shape index (κ3) is 1.22. The SMILES string of the molecule is [2H][C@]12O[C@H]1[C@H](n1cnc3c(N)ncnc31)O[C@@H]2CO. The zero-order valence-electron chi connectivity index (χ0n) is 10.2. The van der Waals surface area contributed by atoms with E-state index in [0.717, 1.165) is 0 Å². The summed E-state index contributed by atoms with van der Waals surface area (Å²) < 4.78 is 20.6. The molecule has 94 valence electrons. The third-order valence-electron chi connectivity index (χ3n) is 3.19. The molecule has 8 nitrogen and oxygen atoms in total. The summed E-state index contributed by atoms with van der Waals surface area (Å²) in [5, 5.41) is 9.21. The number of nitrogens with two attached hydrogens (primary N) is 1. The lowest BCUT2D eigenvalue weighted by atomic mass is 10.2. The molecule has 3 N–H and O–H groups in total. The number of aromatic nitrogens is 4. The van der Waals surface area contributed by atoms with Crippen molar-refractivity contribution in [3.05, 3.63) is 12.7 Å². The van der Waals surface area contributed by atoms with E-state index in [9.17, 15) is 5.11 Å². The molecule has 4 atom stereocenters. The van der Waals surface area contributed by atoms with Crippen LogP contribution in [0.1, 0.15) is 7.60 Å². The van der Waals surface area contributed by atoms with E-state index in [1.54, 1.807) is 4.57 Å². The maximum Gasteiger partial charge on any atom is 0.167 e. The Kier molecular flexibility index (Phi) is 1.72. The van der Waals surface area contributed by atoms with E-state index in [0.29, 0.717) is 11.2 Å². The summed E-state index contributed by atoms with van der Waals surface area (Å²) in [6.45, 7) is -0.264. The predicted molar refractivity (Wildman–Crippen MR) is 59.4 cm³/mol. The van der Waals surface area contributed by atoms with Gasteiger partial charge in [-0.3, -0.25) is 4.57 Å². The number of rotatable bonds is 2. The van der Waals surface area contributed by atoms with Gasteiger partial charge in [-0.25, -0.2) is 15.0 Å². The van der Waals surface area contributed by atoms with Gasteiger partial charge < -0.3 is 20.3 Å². The molecule has 0 unspecified atom stereocenters. The summed E-state index contributed by atoms with van der Waals surface area (Å²) in [5.74, 6) is 0.286. The summed E-state index contributed by atoms with van der Waals surface area (Å²) in [6, 6.07) is 0. The number of fused-ring (bicyclic) bond motifs is 2. The highest BCUT2D eigenvalue weighted by Gasteiger charge is 2.58. The molecule has 2 aromatic rings. The Morgan fingerprint density at radius 1 is 1.44 bits per heavy atom. The van der Waals surface area contributed by atoms with Crippen LogP contribution in [0.25, 0.3) is 11.2 Å². The fraction of sp³-hybridized carbons (Fsp3) is 0.500. The Morgan fingerprint density at radius 3 is 3.11 bits per heavy atom. The molecule has 0 amide bonds. The number of nitrogens with zero attached hydrogens (tertiary/aromatic N) is 4. The van der Waals surface area contributed by atoms with E-state index in [1.807, 2.05) is 0 Å². The van der Waals surface area contributed by atoms with Crippen molar-refractivity contribution in [1.29, 1.82) is 0 Å². The highest BCUT2D eigenvalue weighted by molar-refractivity contribution is 5.81. The molecule has 0 aromatic carbocycles. The Labute approximate surface area is 103 Å². The Bertz CT molecular complexity index is 664. The Morgan fingerprint density at radius 2 is 2.33 bits per heavy atom. The van der Waals surface area contributed by atoms with Gasteiger partial charge in [0, 0.05) is 0 Å². The van der Waals surface area contributed by atoms with Crippen LogP contribution in [0.5, 0.6) is 0 Å². The van der Waals surface area contributed by atoms with Gasteiger partial charge >= 0.3 is 0 Å². The Hall–Kier alpha value is -1.77. The molecule has 4 rings (SSSR count). The molecule has 4 heterocycles. The van der Waals surface area contributed by atoms with Gasteiger partial charge in [0.1, 0.15) is 30.1 Å². The fourth-order valence-corrected chi connectivity index (χ4v) is 2.28. The van der Waals surface area contributed by atoms with Crippen LogP contribution in [-0.2, 0) is 9.47 Å². The lowest BCUT2D eigenvalue weighted by Crippen LogP contribution is -2.22. The second-order valence-corrected chi connectivity index (χ2v) is 4.22. The summed E-state index contributed by atoms with van der Waals surface area (Å²) in [5.41, 5.74) is 6.72. The van der Waals surface area contributed by atoms with Crippen LogP contribution in [0.3, 0.4) is 0 Å². The van der Waals surface area contributed by atoms with Crippen molar-refractivity contribution in [2.45, 2.75) is 24.5 Å². The molecular formula is C10H11N5O3. The molecule has 0 radical (unpaired) electrons. The van der Waals surface area contributed by atoms with Crippen molar-refractivity contribution in [3.63, 3.8) is 0 Å². The molecule has 2 fully saturated rings. The smallest absolute Gasteiger partial charge is 0.167 e. The fourth-order valence-electron chi connectivity index (χ4n) is 2.28. The molecule has 18 heavy (non-hydrogen) atoms. The van der Waals surface area contributed by atoms with Gasteiger partial charge in [0.25, 0.3) is 0 Å². The normalized spacial score (nSPS) is 38.7. The standard InChI is InChI=1S/C10H11N5O3/c11-8-5-9(13-2-12-8)15(3-14-5)10-7-6(18-7)4(1-16)17-10/h2-4,6-7,10,16H,1H2,(H2,11,12,13)/t4-,6-,7-,10-/m1/s1/i6D. The zero-order valence-corrected chi connectivity index (χ0v) is 9.22. The van der Waals surface area contributed by atoms with E-state index in [2.05, 4.69) is 15.0 Å². The molecule has 2 saturated heterocycles. The van der Waals surface area contributed by atoms with Gasteiger partial charge in [0.2, 0.25) is 0 Å². The van der Waals surface area contributed by atoms with Crippen LogP contribution >= 0.6 is 0 Å². The second kappa shape index (κ2) is 3.37. The summed E-state index contributed by atoms with van der Waals surface area (Å²) in [7, 11) is 0. The van der Waals surface area contributed by atoms with Gasteiger partial charge in [0.05, 0.1) is 14.3 Å². The summed E-state index contributed by atoms with van der Waals surface area (Å²) in [6.07, 6.45) is 0.0682. The molecule has 0 aliphatic carbocycles. The minimum atomic E-state index is -1.17. The average molecular weight is 250 g/mol. The van der Waals surface area contributed by atoms with Gasteiger partial charge in [-0.05, 0) is 0 Å². The Balaban J connectivity index is 1.79. The maximum atomic E-state index is 9.21. The first-order chi connectivity index (χ1) is 9.15. The molecule has 2 aliphatic rings. The molecule has 8 heteroatoms. The second-order valence-electron chi connectivity index (χ2n) is 4.22. The van der Waals surface area contributed by atoms with Crippen LogP contribution in [0.15, 0.2) is 12.7 Å². The first-order valence-corrected chi connectivity index (χ1v) is 5.52. The molecular weight excluding hydrogens is 238 g/mol. The number of aliphatic hydroxyl groups is 1. The van der Waals surface area contributed by atoms with Crippen LogP contribution < -0.4 is 5.73 Å². The number of anilines is 1. The number of hydrogen-bond acceptors (Lipinski definition) is 7. The summed E-state index contributed by atoms with van der Waals surface area (Å²) >= 11 is 0. The highest BCUT2D eigenvalue weighted by Crippen LogP contribution is 2.45. The van der Waals surface area contributed by atoms with Crippen molar-refractivity contribution in [3.8, 4) is 0 Å². The van der Waals surface area contributed by atoms with Crippen LogP contribution in [0, 0.1) is 0 Å². The quantitative estimate of drug-likeness (QED) is 0.662. The van der Waals surface area contributed by atoms with Crippen LogP contribution in [0.2, 0.25) is 0 Å². The maximum absolute atomic E-state index is 9.21. The van der Waals surface area contributed by atoms with Crippen molar-refractivity contribution >= 4 is 17.0 Å². The zero-order chi connectivity index (χ0) is 13.2. The van der Waals surface area contributed by atoms with Gasteiger partial charge in [-0.1, -0.05) is 0 Å². The number of aliphatic hydroxyl groups excluding tert-OH is 1. The third-order valence-corrected chi connectivity index (χ3v) is 3.19. The monoisotopic (exact) mass is 250 g/mol. The highest BCUT2D eigenvalue weighted by atomic mass is 16.7. The van der Waals surface area contributed by atoms with Crippen molar-refractivity contribution in [2.75, 3.05) is 12.3 Å². The van der Waals surface area contributed by atoms with Crippen molar-refractivity contribution < 1.29 is 16.0 Å². The van der Waals surface area contributed by atoms with Gasteiger partial charge in [-0.15, -0.1) is 0 Å². The number of imidazole rings is 1. The largest absolute Gasteiger partial charge is 0.394 e. The van der Waals surface area contributed by atoms with E-state index < -0.39 is 24.5 Å². The molecule has 0 spiro atoms. The van der Waals surface area contributed by atoms with E-state index in [1.165, 1.54) is 12.7 Å². The van der Waals surface area contributed by atoms with E-state index in [-0.39, 0.29) is 12.4 Å². The molecule has 0 bridgehead atoms. The molecule has 2 aliphatic heterocycles.